The fourth-order valence-electron chi connectivity index (χ4n) is 2.01. The average molecular weight is 454 g/mol. The number of hydrogen-bond acceptors (Lipinski definition) is 6. The summed E-state index contributed by atoms with van der Waals surface area (Å²) in [5, 5.41) is 5.52. The number of nitrogens with zero attached hydrogens (tertiary/aromatic N) is 1. The standard InChI is InChI=1S/C18H20BrN3O4S/c1-25-8-9-26-18-15(6-3-7-20-18)22-17(24)12-27-11-16(23)21-14-5-2-4-13(19)10-14/h2-7,10H,8-9,11-12H2,1H3,(H,21,23)(H,22,24). The molecule has 0 fully saturated rings. The molecule has 0 radical (unpaired) electrons. The van der Waals surface area contributed by atoms with Crippen LogP contribution in [-0.4, -0.2) is 48.6 Å². The van der Waals surface area contributed by atoms with Gasteiger partial charge in [-0.25, -0.2) is 4.98 Å². The maximum Gasteiger partial charge on any atom is 0.237 e. The summed E-state index contributed by atoms with van der Waals surface area (Å²) in [6.45, 7) is 0.758. The van der Waals surface area contributed by atoms with Crippen molar-refractivity contribution in [2.24, 2.45) is 0 Å². The summed E-state index contributed by atoms with van der Waals surface area (Å²) in [4.78, 5) is 28.1. The number of ether oxygens (including phenoxy) is 2. The van der Waals surface area contributed by atoms with Gasteiger partial charge in [0, 0.05) is 23.5 Å². The second kappa shape index (κ2) is 11.6. The zero-order valence-electron chi connectivity index (χ0n) is 14.7. The van der Waals surface area contributed by atoms with E-state index >= 15 is 0 Å². The highest BCUT2D eigenvalue weighted by molar-refractivity contribution is 9.10. The topological polar surface area (TPSA) is 89.6 Å². The predicted molar refractivity (Wildman–Crippen MR) is 110 cm³/mol. The van der Waals surface area contributed by atoms with Crippen molar-refractivity contribution >= 4 is 50.9 Å². The summed E-state index contributed by atoms with van der Waals surface area (Å²) in [5.74, 6) is 0.235. The molecular formula is C18H20BrN3O4S. The molecule has 0 aliphatic heterocycles. The number of rotatable bonds is 10. The molecule has 7 nitrogen and oxygen atoms in total. The first-order chi connectivity index (χ1) is 13.1. The minimum Gasteiger partial charge on any atom is -0.474 e. The first-order valence-electron chi connectivity index (χ1n) is 8.08. The van der Waals surface area contributed by atoms with Crippen molar-refractivity contribution in [2.75, 3.05) is 42.5 Å². The molecule has 1 heterocycles. The number of benzene rings is 1. The maximum atomic E-state index is 12.1. The van der Waals surface area contributed by atoms with Gasteiger partial charge in [-0.15, -0.1) is 11.8 Å². The summed E-state index contributed by atoms with van der Waals surface area (Å²) < 4.78 is 11.3. The van der Waals surface area contributed by atoms with Crippen molar-refractivity contribution in [3.8, 4) is 5.88 Å². The van der Waals surface area contributed by atoms with Gasteiger partial charge in [0.25, 0.3) is 0 Å². The Bertz CT molecular complexity index is 776. The molecule has 0 saturated carbocycles. The Hall–Kier alpha value is -2.10. The third-order valence-corrected chi connectivity index (χ3v) is 4.57. The Morgan fingerprint density at radius 3 is 2.63 bits per heavy atom. The van der Waals surface area contributed by atoms with E-state index in [4.69, 9.17) is 9.47 Å². The summed E-state index contributed by atoms with van der Waals surface area (Å²) >= 11 is 4.57. The van der Waals surface area contributed by atoms with E-state index in [1.807, 2.05) is 18.2 Å². The Kier molecular flexibility index (Phi) is 9.09. The molecule has 2 N–H and O–H groups in total. The second-order valence-electron chi connectivity index (χ2n) is 5.30. The molecule has 0 aliphatic carbocycles. The van der Waals surface area contributed by atoms with Gasteiger partial charge in [-0.3, -0.25) is 9.59 Å². The van der Waals surface area contributed by atoms with Gasteiger partial charge in [-0.2, -0.15) is 0 Å². The smallest absolute Gasteiger partial charge is 0.237 e. The van der Waals surface area contributed by atoms with Crippen LogP contribution in [0.15, 0.2) is 47.1 Å². The number of hydrogen-bond donors (Lipinski definition) is 2. The van der Waals surface area contributed by atoms with Crippen molar-refractivity contribution in [1.82, 2.24) is 4.98 Å². The number of carbonyl (C=O) groups is 2. The number of nitrogens with one attached hydrogen (secondary N) is 2. The Morgan fingerprint density at radius 1 is 1.11 bits per heavy atom. The fourth-order valence-corrected chi connectivity index (χ4v) is 3.03. The number of thioether (sulfide) groups is 1. The number of amides is 2. The van der Waals surface area contributed by atoms with E-state index in [1.54, 1.807) is 31.5 Å². The SMILES string of the molecule is COCCOc1ncccc1NC(=O)CSCC(=O)Nc1cccc(Br)c1. The van der Waals surface area contributed by atoms with Gasteiger partial charge in [0.05, 0.1) is 18.1 Å². The lowest BCUT2D eigenvalue weighted by Gasteiger charge is -2.11. The molecule has 1 aromatic heterocycles. The molecule has 0 bridgehead atoms. The number of pyridine rings is 1. The number of methoxy groups -OCH3 is 1. The Balaban J connectivity index is 1.75. The van der Waals surface area contributed by atoms with Crippen LogP contribution in [0.25, 0.3) is 0 Å². The van der Waals surface area contributed by atoms with Crippen LogP contribution in [0.1, 0.15) is 0 Å². The monoisotopic (exact) mass is 453 g/mol. The number of anilines is 2. The molecule has 0 aliphatic rings. The molecule has 1 aromatic carbocycles. The van der Waals surface area contributed by atoms with E-state index in [0.29, 0.717) is 30.5 Å². The molecule has 27 heavy (non-hydrogen) atoms. The summed E-state index contributed by atoms with van der Waals surface area (Å²) in [5.41, 5.74) is 1.19. The Labute approximate surface area is 170 Å². The molecular weight excluding hydrogens is 434 g/mol. The highest BCUT2D eigenvalue weighted by Gasteiger charge is 2.10. The average Bonchev–Trinajstić information content (AvgIpc) is 2.63. The summed E-state index contributed by atoms with van der Waals surface area (Å²) in [7, 11) is 1.58. The first-order valence-corrected chi connectivity index (χ1v) is 10.0. The van der Waals surface area contributed by atoms with Crippen LogP contribution < -0.4 is 15.4 Å². The Morgan fingerprint density at radius 2 is 1.89 bits per heavy atom. The molecule has 0 unspecified atom stereocenters. The molecule has 2 rings (SSSR count). The van der Waals surface area contributed by atoms with Gasteiger partial charge in [0.15, 0.2) is 0 Å². The van der Waals surface area contributed by atoms with Crippen molar-refractivity contribution in [3.05, 3.63) is 47.1 Å². The predicted octanol–water partition coefficient (Wildman–Crippen LogP) is 3.18. The zero-order chi connectivity index (χ0) is 19.5. The third-order valence-electron chi connectivity index (χ3n) is 3.15. The third kappa shape index (κ3) is 7.98. The van der Waals surface area contributed by atoms with Gasteiger partial charge in [0.2, 0.25) is 17.7 Å². The van der Waals surface area contributed by atoms with Crippen LogP contribution in [-0.2, 0) is 14.3 Å². The van der Waals surface area contributed by atoms with Crippen molar-refractivity contribution in [2.45, 2.75) is 0 Å². The van der Waals surface area contributed by atoms with Gasteiger partial charge in [-0.1, -0.05) is 22.0 Å². The maximum absolute atomic E-state index is 12.1. The van der Waals surface area contributed by atoms with Crippen LogP contribution >= 0.6 is 27.7 Å². The van der Waals surface area contributed by atoms with E-state index in [9.17, 15) is 9.59 Å². The minimum absolute atomic E-state index is 0.137. The lowest BCUT2D eigenvalue weighted by molar-refractivity contribution is -0.114. The van der Waals surface area contributed by atoms with Crippen LogP contribution in [0.5, 0.6) is 5.88 Å². The highest BCUT2D eigenvalue weighted by atomic mass is 79.9. The lowest BCUT2D eigenvalue weighted by Crippen LogP contribution is -2.19. The molecule has 2 aromatic rings. The highest BCUT2D eigenvalue weighted by Crippen LogP contribution is 2.21. The molecule has 9 heteroatoms. The van der Waals surface area contributed by atoms with Gasteiger partial charge in [-0.05, 0) is 30.3 Å². The molecule has 0 atom stereocenters. The summed E-state index contributed by atoms with van der Waals surface area (Å²) in [6.07, 6.45) is 1.58. The van der Waals surface area contributed by atoms with E-state index in [0.717, 1.165) is 4.47 Å². The van der Waals surface area contributed by atoms with Gasteiger partial charge < -0.3 is 20.1 Å². The van der Waals surface area contributed by atoms with E-state index in [2.05, 4.69) is 31.5 Å². The van der Waals surface area contributed by atoms with E-state index in [1.165, 1.54) is 11.8 Å². The molecule has 0 saturated heterocycles. The quantitative estimate of drug-likeness (QED) is 0.536. The van der Waals surface area contributed by atoms with Crippen LogP contribution in [0.4, 0.5) is 11.4 Å². The first kappa shape index (κ1) is 21.2. The molecule has 2 amide bonds. The normalized spacial score (nSPS) is 10.3. The molecule has 144 valence electrons. The van der Waals surface area contributed by atoms with Crippen molar-refractivity contribution in [1.29, 1.82) is 0 Å². The summed E-state index contributed by atoms with van der Waals surface area (Å²) in [6, 6.07) is 10.7. The van der Waals surface area contributed by atoms with E-state index in [-0.39, 0.29) is 23.3 Å². The largest absolute Gasteiger partial charge is 0.474 e. The van der Waals surface area contributed by atoms with Crippen LogP contribution in [0.3, 0.4) is 0 Å². The van der Waals surface area contributed by atoms with Gasteiger partial charge in [0.1, 0.15) is 12.3 Å². The van der Waals surface area contributed by atoms with Crippen molar-refractivity contribution in [3.63, 3.8) is 0 Å². The molecule has 0 spiro atoms. The number of halogens is 1. The fraction of sp³-hybridized carbons (Fsp3) is 0.278. The van der Waals surface area contributed by atoms with Crippen LogP contribution in [0, 0.1) is 0 Å². The lowest BCUT2D eigenvalue weighted by atomic mass is 10.3. The number of aromatic nitrogens is 1. The van der Waals surface area contributed by atoms with E-state index < -0.39 is 0 Å². The minimum atomic E-state index is -0.236. The zero-order valence-corrected chi connectivity index (χ0v) is 17.1. The van der Waals surface area contributed by atoms with Crippen LogP contribution in [0.2, 0.25) is 0 Å². The second-order valence-corrected chi connectivity index (χ2v) is 7.20. The van der Waals surface area contributed by atoms with Crippen molar-refractivity contribution < 1.29 is 19.1 Å². The number of carbonyl (C=O) groups excluding carboxylic acids is 2. The van der Waals surface area contributed by atoms with Gasteiger partial charge >= 0.3 is 0 Å².